The van der Waals surface area contributed by atoms with Crippen LogP contribution in [-0.4, -0.2) is 76.5 Å². The number of carboxylic acids is 2. The van der Waals surface area contributed by atoms with Crippen LogP contribution in [0, 0.1) is 5.92 Å². The number of halogens is 3. The van der Waals surface area contributed by atoms with Crippen molar-refractivity contribution < 1.29 is 42.5 Å². The summed E-state index contributed by atoms with van der Waals surface area (Å²) < 4.78 is 37.5. The van der Waals surface area contributed by atoms with Crippen molar-refractivity contribution in [2.24, 2.45) is 5.92 Å². The number of nitrogens with one attached hydrogen (secondary N) is 1. The average molecular weight is 410 g/mol. The Morgan fingerprint density at radius 2 is 1.86 bits per heavy atom. The monoisotopic (exact) mass is 410 g/mol. The van der Waals surface area contributed by atoms with Gasteiger partial charge in [-0.2, -0.15) is 13.2 Å². The van der Waals surface area contributed by atoms with E-state index >= 15 is 0 Å². The van der Waals surface area contributed by atoms with E-state index in [1.54, 1.807) is 0 Å². The lowest BCUT2D eigenvalue weighted by molar-refractivity contribution is -0.192. The number of carbonyl (C=O) groups is 3. The molecule has 28 heavy (non-hydrogen) atoms. The molecule has 160 valence electrons. The zero-order valence-corrected chi connectivity index (χ0v) is 15.8. The molecule has 0 spiro atoms. The molecule has 2 rings (SSSR count). The van der Waals surface area contributed by atoms with Crippen molar-refractivity contribution in [1.82, 2.24) is 10.2 Å². The van der Waals surface area contributed by atoms with Gasteiger partial charge in [-0.15, -0.1) is 0 Å². The first-order valence-corrected chi connectivity index (χ1v) is 8.74. The predicted octanol–water partition coefficient (Wildman–Crippen LogP) is 1.26. The van der Waals surface area contributed by atoms with E-state index in [1.807, 2.05) is 30.9 Å². The number of alkyl halides is 3. The molecular weight excluding hydrogens is 385 g/mol. The van der Waals surface area contributed by atoms with E-state index in [0.717, 1.165) is 0 Å². The molecule has 0 aromatic rings. The quantitative estimate of drug-likeness (QED) is 0.585. The van der Waals surface area contributed by atoms with Crippen LogP contribution >= 0.6 is 0 Å². The molecule has 2 aliphatic rings. The molecule has 8 nitrogen and oxygen atoms in total. The molecule has 0 unspecified atom stereocenters. The fourth-order valence-electron chi connectivity index (χ4n) is 3.71. The number of hydrogen-bond donors (Lipinski definition) is 3. The van der Waals surface area contributed by atoms with Gasteiger partial charge >= 0.3 is 18.1 Å². The lowest BCUT2D eigenvalue weighted by Gasteiger charge is -2.27. The molecule has 0 aromatic heterocycles. The average Bonchev–Trinajstić information content (AvgIpc) is 3.06. The number of allylic oxidation sites excluding steroid dienone is 1. The second kappa shape index (κ2) is 9.87. The Morgan fingerprint density at radius 3 is 2.25 bits per heavy atom. The number of ether oxygens (including phenoxy) is 1. The number of carboxylic acid groups (broad SMARTS) is 2. The molecule has 11 heteroatoms. The van der Waals surface area contributed by atoms with Gasteiger partial charge in [-0.1, -0.05) is 12.2 Å². The van der Waals surface area contributed by atoms with Crippen LogP contribution in [-0.2, 0) is 19.1 Å². The van der Waals surface area contributed by atoms with E-state index in [-0.39, 0.29) is 30.0 Å². The Hall–Kier alpha value is -2.14. The summed E-state index contributed by atoms with van der Waals surface area (Å²) in [6.07, 6.45) is -0.659. The summed E-state index contributed by atoms with van der Waals surface area (Å²) in [7, 11) is 0. The SMILES string of the molecule is C/C=C\[C@@H]1C[C@H](C(=O)O)N2C[C@H](OCC)[C@H](NC(C)=O)[C@@H]12.O=C(O)C(F)(F)F. The van der Waals surface area contributed by atoms with Crippen LogP contribution in [0.2, 0.25) is 0 Å². The minimum atomic E-state index is -5.08. The number of nitrogens with zero attached hydrogens (tertiary/aromatic N) is 1. The van der Waals surface area contributed by atoms with E-state index < -0.39 is 24.2 Å². The van der Waals surface area contributed by atoms with Gasteiger partial charge in [0.15, 0.2) is 0 Å². The van der Waals surface area contributed by atoms with Gasteiger partial charge in [0.1, 0.15) is 6.04 Å². The lowest BCUT2D eigenvalue weighted by atomic mass is 9.92. The number of carbonyl (C=O) groups excluding carboxylic acids is 1. The smallest absolute Gasteiger partial charge is 0.480 e. The number of fused-ring (bicyclic) bond motifs is 1. The van der Waals surface area contributed by atoms with Gasteiger partial charge in [-0.05, 0) is 26.2 Å². The van der Waals surface area contributed by atoms with Crippen molar-refractivity contribution in [2.75, 3.05) is 13.2 Å². The number of aliphatic carboxylic acids is 2. The van der Waals surface area contributed by atoms with Gasteiger partial charge < -0.3 is 20.3 Å². The molecule has 0 radical (unpaired) electrons. The molecule has 0 bridgehead atoms. The van der Waals surface area contributed by atoms with E-state index in [4.69, 9.17) is 14.6 Å². The van der Waals surface area contributed by atoms with Gasteiger partial charge in [0.2, 0.25) is 5.91 Å². The second-order valence-electron chi connectivity index (χ2n) is 6.49. The van der Waals surface area contributed by atoms with Crippen LogP contribution in [0.3, 0.4) is 0 Å². The molecule has 2 fully saturated rings. The summed E-state index contributed by atoms with van der Waals surface area (Å²) in [4.78, 5) is 33.9. The molecule has 3 N–H and O–H groups in total. The van der Waals surface area contributed by atoms with Crippen molar-refractivity contribution in [2.45, 2.75) is 57.6 Å². The highest BCUT2D eigenvalue weighted by Crippen LogP contribution is 2.39. The van der Waals surface area contributed by atoms with Gasteiger partial charge in [-0.3, -0.25) is 14.5 Å². The first-order valence-electron chi connectivity index (χ1n) is 8.74. The Bertz CT molecular complexity index is 610. The van der Waals surface area contributed by atoms with Crippen LogP contribution in [0.4, 0.5) is 13.2 Å². The molecular formula is C17H25F3N2O6. The van der Waals surface area contributed by atoms with Crippen molar-refractivity contribution in [3.8, 4) is 0 Å². The van der Waals surface area contributed by atoms with E-state index in [0.29, 0.717) is 19.6 Å². The third kappa shape index (κ3) is 5.93. The molecule has 5 atom stereocenters. The maximum absolute atomic E-state index is 11.5. The summed E-state index contributed by atoms with van der Waals surface area (Å²) >= 11 is 0. The predicted molar refractivity (Wildman–Crippen MR) is 91.5 cm³/mol. The maximum atomic E-state index is 11.5. The van der Waals surface area contributed by atoms with E-state index in [1.165, 1.54) is 6.92 Å². The third-order valence-electron chi connectivity index (χ3n) is 4.59. The first-order chi connectivity index (χ1) is 12.9. The van der Waals surface area contributed by atoms with Crippen molar-refractivity contribution >= 4 is 17.8 Å². The maximum Gasteiger partial charge on any atom is 0.490 e. The van der Waals surface area contributed by atoms with Crippen LogP contribution in [0.1, 0.15) is 27.2 Å². The number of rotatable bonds is 5. The normalized spacial score (nSPS) is 29.9. The van der Waals surface area contributed by atoms with E-state index in [9.17, 15) is 27.9 Å². The molecule has 2 aliphatic heterocycles. The summed E-state index contributed by atoms with van der Waals surface area (Å²) in [6, 6.07) is -0.673. The topological polar surface area (TPSA) is 116 Å². The zero-order valence-electron chi connectivity index (χ0n) is 15.8. The van der Waals surface area contributed by atoms with Crippen molar-refractivity contribution in [3.63, 3.8) is 0 Å². The summed E-state index contributed by atoms with van der Waals surface area (Å²) in [5.41, 5.74) is 0. The van der Waals surface area contributed by atoms with Crippen molar-refractivity contribution in [1.29, 1.82) is 0 Å². The van der Waals surface area contributed by atoms with Gasteiger partial charge in [0.05, 0.1) is 12.1 Å². The van der Waals surface area contributed by atoms with Crippen molar-refractivity contribution in [3.05, 3.63) is 12.2 Å². The molecule has 0 saturated carbocycles. The fraction of sp³-hybridized carbons (Fsp3) is 0.706. The Labute approximate surface area is 160 Å². The number of hydrogen-bond acceptors (Lipinski definition) is 5. The third-order valence-corrected chi connectivity index (χ3v) is 4.59. The Morgan fingerprint density at radius 1 is 1.29 bits per heavy atom. The molecule has 0 aliphatic carbocycles. The summed E-state index contributed by atoms with van der Waals surface area (Å²) in [5, 5.41) is 19.5. The van der Waals surface area contributed by atoms with Crippen LogP contribution < -0.4 is 5.32 Å². The Balaban J connectivity index is 0.000000480. The standard InChI is InChI=1S/C15H24N2O4.C2HF3O2/c1-4-6-10-7-11(15(19)20)17-8-12(21-5-2)13(14(10)17)16-9(3)18;3-2(4,5)1(6)7/h4,6,10-14H,5,7-8H2,1-3H3,(H,16,18)(H,19,20);(H,6,7)/b6-4-;/t10-,11-,12+,13+,14-;/m1./s1. The van der Waals surface area contributed by atoms with Gasteiger partial charge in [0.25, 0.3) is 0 Å². The highest BCUT2D eigenvalue weighted by atomic mass is 19.4. The largest absolute Gasteiger partial charge is 0.490 e. The summed E-state index contributed by atoms with van der Waals surface area (Å²) in [5.74, 6) is -3.54. The van der Waals surface area contributed by atoms with Crippen LogP contribution in [0.15, 0.2) is 12.2 Å². The Kier molecular flexibility index (Phi) is 8.43. The highest BCUT2D eigenvalue weighted by Gasteiger charge is 2.54. The van der Waals surface area contributed by atoms with Gasteiger partial charge in [-0.25, -0.2) is 4.79 Å². The van der Waals surface area contributed by atoms with Crippen LogP contribution in [0.5, 0.6) is 0 Å². The number of amides is 1. The molecule has 0 aromatic carbocycles. The second-order valence-corrected chi connectivity index (χ2v) is 6.49. The van der Waals surface area contributed by atoms with E-state index in [2.05, 4.69) is 5.32 Å². The lowest BCUT2D eigenvalue weighted by Crippen LogP contribution is -2.49. The zero-order chi connectivity index (χ0) is 21.6. The first kappa shape index (κ1) is 23.9. The highest BCUT2D eigenvalue weighted by molar-refractivity contribution is 5.75. The minimum Gasteiger partial charge on any atom is -0.480 e. The van der Waals surface area contributed by atoms with Gasteiger partial charge in [0, 0.05) is 26.1 Å². The molecule has 1 amide bonds. The molecule has 2 heterocycles. The molecule has 2 saturated heterocycles. The fourth-order valence-corrected chi connectivity index (χ4v) is 3.71. The summed E-state index contributed by atoms with van der Waals surface area (Å²) in [6.45, 7) is 6.43. The minimum absolute atomic E-state index is 0.0113. The van der Waals surface area contributed by atoms with Crippen LogP contribution in [0.25, 0.3) is 0 Å².